The summed E-state index contributed by atoms with van der Waals surface area (Å²) in [5.74, 6) is -1.18. The van der Waals surface area contributed by atoms with Gasteiger partial charge in [-0.15, -0.1) is 0 Å². The third-order valence-corrected chi connectivity index (χ3v) is 5.85. The lowest BCUT2D eigenvalue weighted by atomic mass is 9.74. The summed E-state index contributed by atoms with van der Waals surface area (Å²) in [4.78, 5) is 8.62. The molecule has 1 aromatic carbocycles. The Labute approximate surface area is 152 Å². The second-order valence-electron chi connectivity index (χ2n) is 6.44. The number of rotatable bonds is 2. The molecule has 2 aliphatic heterocycles. The van der Waals surface area contributed by atoms with Crippen molar-refractivity contribution in [1.82, 2.24) is 4.98 Å². The second kappa shape index (κ2) is 6.59. The number of pyridine rings is 1. The molecule has 4 nitrogen and oxygen atoms in total. The van der Waals surface area contributed by atoms with Gasteiger partial charge in [0, 0.05) is 23.3 Å². The van der Waals surface area contributed by atoms with Crippen LogP contribution in [0.1, 0.15) is 23.8 Å². The zero-order chi connectivity index (χ0) is 18.3. The average molecular weight is 379 g/mol. The summed E-state index contributed by atoms with van der Waals surface area (Å²) in [5.41, 5.74) is 5.81. The molecule has 3 unspecified atom stereocenters. The van der Waals surface area contributed by atoms with Gasteiger partial charge in [0.05, 0.1) is 24.6 Å². The third-order valence-electron chi connectivity index (χ3n) is 4.90. The molecule has 4 rings (SSSR count). The Hall–Kier alpha value is -2.06. The number of ether oxygens (including phenoxy) is 1. The maximum Gasteiger partial charge on any atom is 0.154 e. The maximum absolute atomic E-state index is 14.5. The van der Waals surface area contributed by atoms with Crippen LogP contribution in [-0.4, -0.2) is 22.5 Å². The largest absolute Gasteiger partial charge is 0.379 e. The van der Waals surface area contributed by atoms with Crippen LogP contribution in [0.4, 0.5) is 13.2 Å². The maximum atomic E-state index is 14.5. The molecule has 2 N–H and O–H groups in total. The Bertz CT molecular complexity index is 861. The van der Waals surface area contributed by atoms with Gasteiger partial charge >= 0.3 is 0 Å². The number of halogens is 3. The lowest BCUT2D eigenvalue weighted by Gasteiger charge is -2.46. The molecule has 1 aromatic heterocycles. The quantitative estimate of drug-likeness (QED) is 0.867. The number of thioether (sulfide) groups is 1. The zero-order valence-electron chi connectivity index (χ0n) is 13.7. The second-order valence-corrected chi connectivity index (χ2v) is 7.48. The van der Waals surface area contributed by atoms with Gasteiger partial charge in [0.2, 0.25) is 0 Å². The summed E-state index contributed by atoms with van der Waals surface area (Å²) in [6, 6.07) is 6.38. The first-order chi connectivity index (χ1) is 12.5. The number of nitrogens with zero attached hydrogens (tertiary/aromatic N) is 2. The molecule has 0 aliphatic carbocycles. The zero-order valence-corrected chi connectivity index (χ0v) is 14.5. The van der Waals surface area contributed by atoms with Crippen molar-refractivity contribution in [3.63, 3.8) is 0 Å². The van der Waals surface area contributed by atoms with Crippen molar-refractivity contribution in [2.24, 2.45) is 16.6 Å². The number of aliphatic imine (C=N–C) groups is 1. The lowest BCUT2D eigenvalue weighted by molar-refractivity contribution is -0.0606. The Balaban J connectivity index is 1.71. The van der Waals surface area contributed by atoms with E-state index in [0.717, 1.165) is 12.3 Å². The first-order valence-electron chi connectivity index (χ1n) is 8.14. The van der Waals surface area contributed by atoms with Crippen LogP contribution < -0.4 is 5.73 Å². The number of aromatic nitrogens is 1. The molecular formula is C18H16F3N3OS. The van der Waals surface area contributed by atoms with Crippen molar-refractivity contribution in [3.8, 4) is 0 Å². The minimum atomic E-state index is -0.996. The molecule has 1 fully saturated rings. The smallest absolute Gasteiger partial charge is 0.154 e. The molecule has 3 heterocycles. The van der Waals surface area contributed by atoms with Gasteiger partial charge in [0.25, 0.3) is 0 Å². The predicted molar refractivity (Wildman–Crippen MR) is 93.1 cm³/mol. The molecule has 0 bridgehead atoms. The van der Waals surface area contributed by atoms with Crippen LogP contribution in [0.2, 0.25) is 0 Å². The Morgan fingerprint density at radius 2 is 1.96 bits per heavy atom. The molecule has 0 saturated carbocycles. The summed E-state index contributed by atoms with van der Waals surface area (Å²) < 4.78 is 46.9. The normalized spacial score (nSPS) is 28.3. The summed E-state index contributed by atoms with van der Waals surface area (Å²) in [7, 11) is 0. The lowest BCUT2D eigenvalue weighted by Crippen LogP contribution is -2.48. The van der Waals surface area contributed by atoms with E-state index in [4.69, 9.17) is 10.5 Å². The third kappa shape index (κ3) is 2.97. The van der Waals surface area contributed by atoms with E-state index < -0.39 is 23.0 Å². The Kier molecular flexibility index (Phi) is 4.40. The molecule has 3 atom stereocenters. The van der Waals surface area contributed by atoms with Gasteiger partial charge < -0.3 is 10.5 Å². The van der Waals surface area contributed by atoms with Crippen LogP contribution in [-0.2, 0) is 10.3 Å². The molecule has 136 valence electrons. The number of benzene rings is 1. The predicted octanol–water partition coefficient (Wildman–Crippen LogP) is 3.53. The van der Waals surface area contributed by atoms with Crippen molar-refractivity contribution in [2.45, 2.75) is 18.1 Å². The van der Waals surface area contributed by atoms with Crippen molar-refractivity contribution in [1.29, 1.82) is 0 Å². The Morgan fingerprint density at radius 1 is 1.15 bits per heavy atom. The van der Waals surface area contributed by atoms with Crippen molar-refractivity contribution in [2.75, 3.05) is 12.4 Å². The molecule has 8 heteroatoms. The highest BCUT2D eigenvalue weighted by atomic mass is 32.2. The molecule has 26 heavy (non-hydrogen) atoms. The minimum absolute atomic E-state index is 0.0784. The van der Waals surface area contributed by atoms with E-state index in [0.29, 0.717) is 23.0 Å². The summed E-state index contributed by atoms with van der Waals surface area (Å²) in [6.07, 6.45) is 1.33. The molecule has 0 amide bonds. The highest BCUT2D eigenvalue weighted by Gasteiger charge is 2.49. The summed E-state index contributed by atoms with van der Waals surface area (Å²) in [5, 5.41) is 0.354. The van der Waals surface area contributed by atoms with E-state index in [1.807, 2.05) is 0 Å². The van der Waals surface area contributed by atoms with Gasteiger partial charge in [-0.1, -0.05) is 17.8 Å². The number of hydrogen-bond acceptors (Lipinski definition) is 5. The summed E-state index contributed by atoms with van der Waals surface area (Å²) >= 11 is 1.40. The SMILES string of the molecule is NC1=NC2(c3ccc(F)cc3F)COC(c3ccc(F)cn3)CC2CS1. The van der Waals surface area contributed by atoms with Crippen molar-refractivity contribution >= 4 is 16.9 Å². The van der Waals surface area contributed by atoms with Crippen LogP contribution >= 0.6 is 11.8 Å². The number of amidine groups is 1. The molecular weight excluding hydrogens is 363 g/mol. The van der Waals surface area contributed by atoms with Gasteiger partial charge in [0.15, 0.2) is 5.17 Å². The Morgan fingerprint density at radius 3 is 2.69 bits per heavy atom. The topological polar surface area (TPSA) is 60.5 Å². The first-order valence-corrected chi connectivity index (χ1v) is 9.13. The van der Waals surface area contributed by atoms with Crippen LogP contribution in [0.5, 0.6) is 0 Å². The monoisotopic (exact) mass is 379 g/mol. The van der Waals surface area contributed by atoms with E-state index in [9.17, 15) is 13.2 Å². The van der Waals surface area contributed by atoms with E-state index in [-0.39, 0.29) is 24.2 Å². The van der Waals surface area contributed by atoms with Crippen molar-refractivity contribution < 1.29 is 17.9 Å². The van der Waals surface area contributed by atoms with E-state index in [1.54, 1.807) is 6.07 Å². The molecule has 1 saturated heterocycles. The number of hydrogen-bond donors (Lipinski definition) is 1. The van der Waals surface area contributed by atoms with Crippen molar-refractivity contribution in [3.05, 3.63) is 65.2 Å². The fourth-order valence-electron chi connectivity index (χ4n) is 3.59. The molecule has 0 spiro atoms. The van der Waals surface area contributed by atoms with Gasteiger partial charge in [0.1, 0.15) is 23.0 Å². The van der Waals surface area contributed by atoms with Gasteiger partial charge in [-0.3, -0.25) is 4.98 Å². The molecule has 2 aromatic rings. The highest BCUT2D eigenvalue weighted by Crippen LogP contribution is 2.49. The van der Waals surface area contributed by atoms with E-state index >= 15 is 0 Å². The van der Waals surface area contributed by atoms with Crippen LogP contribution in [0.3, 0.4) is 0 Å². The minimum Gasteiger partial charge on any atom is -0.379 e. The van der Waals surface area contributed by atoms with Crippen LogP contribution in [0.25, 0.3) is 0 Å². The van der Waals surface area contributed by atoms with Crippen LogP contribution in [0.15, 0.2) is 41.5 Å². The van der Waals surface area contributed by atoms with Gasteiger partial charge in [-0.05, 0) is 24.6 Å². The first kappa shape index (κ1) is 17.4. The fraction of sp³-hybridized carbons (Fsp3) is 0.333. The van der Waals surface area contributed by atoms with E-state index in [1.165, 1.54) is 30.0 Å². The molecule has 0 radical (unpaired) electrons. The molecule has 2 aliphatic rings. The number of nitrogens with two attached hydrogens (primary N) is 1. The summed E-state index contributed by atoms with van der Waals surface area (Å²) in [6.45, 7) is 0.0885. The number of fused-ring (bicyclic) bond motifs is 1. The average Bonchev–Trinajstić information content (AvgIpc) is 2.61. The fourth-order valence-corrected chi connectivity index (χ4v) is 4.60. The van der Waals surface area contributed by atoms with E-state index in [2.05, 4.69) is 9.98 Å². The standard InChI is InChI=1S/C18H16F3N3OS/c19-11-1-3-13(14(21)6-11)18-9-25-16(15-4-2-12(20)7-23-15)5-10(18)8-26-17(22)24-18/h1-4,6-7,10,16H,5,8-9H2,(H2,22,24). The highest BCUT2D eigenvalue weighted by molar-refractivity contribution is 8.13. The van der Waals surface area contributed by atoms with Crippen LogP contribution in [0, 0.1) is 23.4 Å². The van der Waals surface area contributed by atoms with Gasteiger partial charge in [-0.2, -0.15) is 0 Å². The van der Waals surface area contributed by atoms with Gasteiger partial charge in [-0.25, -0.2) is 18.2 Å².